The lowest BCUT2D eigenvalue weighted by Gasteiger charge is -2.12. The van der Waals surface area contributed by atoms with Crippen molar-refractivity contribution < 1.29 is 17.6 Å². The van der Waals surface area contributed by atoms with E-state index in [-0.39, 0.29) is 17.3 Å². The molecule has 2 rings (SSSR count). The maximum absolute atomic E-state index is 11.9. The van der Waals surface area contributed by atoms with Crippen LogP contribution < -0.4 is 5.73 Å². The summed E-state index contributed by atoms with van der Waals surface area (Å²) < 4.78 is 28.3. The van der Waals surface area contributed by atoms with Gasteiger partial charge in [-0.25, -0.2) is 8.42 Å². The number of furan rings is 1. The summed E-state index contributed by atoms with van der Waals surface area (Å²) >= 11 is 0. The molecule has 1 unspecified atom stereocenters. The molecule has 0 bridgehead atoms. The average Bonchev–Trinajstić information content (AvgIpc) is 2.50. The Morgan fingerprint density at radius 1 is 1.47 bits per heavy atom. The third-order valence-electron chi connectivity index (χ3n) is 2.94. The number of carbonyl (C=O) groups excluding carboxylic acids is 1. The SMILES string of the molecule is Cc1oc2c(c1C(=O)C(C)N)CCS(=O)(=O)C2. The summed E-state index contributed by atoms with van der Waals surface area (Å²) in [5.74, 6) is 0.632. The molecule has 1 aliphatic heterocycles. The van der Waals surface area contributed by atoms with Gasteiger partial charge in [-0.1, -0.05) is 0 Å². The first-order valence-corrected chi connectivity index (χ1v) is 7.25. The summed E-state index contributed by atoms with van der Waals surface area (Å²) in [6.45, 7) is 3.28. The third kappa shape index (κ3) is 2.14. The van der Waals surface area contributed by atoms with Crippen LogP contribution in [0.1, 0.15) is 34.4 Å². The van der Waals surface area contributed by atoms with E-state index in [0.29, 0.717) is 23.5 Å². The fourth-order valence-corrected chi connectivity index (χ4v) is 3.40. The normalized spacial score (nSPS) is 19.7. The molecule has 1 aliphatic rings. The van der Waals surface area contributed by atoms with E-state index in [2.05, 4.69) is 0 Å². The second-order valence-corrected chi connectivity index (χ2v) is 6.61. The van der Waals surface area contributed by atoms with Gasteiger partial charge in [0.1, 0.15) is 17.3 Å². The van der Waals surface area contributed by atoms with E-state index in [1.54, 1.807) is 13.8 Å². The van der Waals surface area contributed by atoms with E-state index in [4.69, 9.17) is 10.2 Å². The smallest absolute Gasteiger partial charge is 0.183 e. The predicted octanol–water partition coefficient (Wildman–Crippen LogP) is 0.589. The van der Waals surface area contributed by atoms with E-state index in [9.17, 15) is 13.2 Å². The molecule has 0 fully saturated rings. The Morgan fingerprint density at radius 2 is 2.12 bits per heavy atom. The lowest BCUT2D eigenvalue weighted by atomic mass is 9.99. The Bertz CT molecular complexity index is 569. The van der Waals surface area contributed by atoms with E-state index in [1.165, 1.54) is 0 Å². The van der Waals surface area contributed by atoms with Crippen molar-refractivity contribution in [3.63, 3.8) is 0 Å². The Balaban J connectivity index is 2.51. The molecule has 1 aromatic heterocycles. The molecule has 0 saturated heterocycles. The molecule has 0 amide bonds. The van der Waals surface area contributed by atoms with Gasteiger partial charge in [0.2, 0.25) is 0 Å². The van der Waals surface area contributed by atoms with Gasteiger partial charge in [-0.2, -0.15) is 0 Å². The molecule has 17 heavy (non-hydrogen) atoms. The molecule has 5 nitrogen and oxygen atoms in total. The van der Waals surface area contributed by atoms with E-state index in [1.807, 2.05) is 0 Å². The maximum atomic E-state index is 11.9. The molecule has 2 N–H and O–H groups in total. The molecule has 2 heterocycles. The minimum atomic E-state index is -3.08. The first-order chi connectivity index (χ1) is 7.82. The first-order valence-electron chi connectivity index (χ1n) is 5.43. The molecule has 94 valence electrons. The topological polar surface area (TPSA) is 90.4 Å². The quantitative estimate of drug-likeness (QED) is 0.783. The van der Waals surface area contributed by atoms with Crippen LogP contribution in [0.5, 0.6) is 0 Å². The van der Waals surface area contributed by atoms with Crippen LogP contribution >= 0.6 is 0 Å². The largest absolute Gasteiger partial charge is 0.464 e. The van der Waals surface area contributed by atoms with Crippen LogP contribution in [-0.2, 0) is 22.0 Å². The fourth-order valence-electron chi connectivity index (χ4n) is 2.11. The van der Waals surface area contributed by atoms with Crippen molar-refractivity contribution in [3.8, 4) is 0 Å². The van der Waals surface area contributed by atoms with Crippen LogP contribution in [-0.4, -0.2) is 26.0 Å². The molecule has 1 atom stereocenters. The summed E-state index contributed by atoms with van der Waals surface area (Å²) in [6.07, 6.45) is 0.336. The van der Waals surface area contributed by atoms with Crippen LogP contribution in [0.3, 0.4) is 0 Å². The van der Waals surface area contributed by atoms with Crippen molar-refractivity contribution in [2.45, 2.75) is 32.1 Å². The average molecular weight is 257 g/mol. The zero-order valence-electron chi connectivity index (χ0n) is 9.82. The molecule has 0 aliphatic carbocycles. The number of carbonyl (C=O) groups is 1. The zero-order valence-corrected chi connectivity index (χ0v) is 10.6. The third-order valence-corrected chi connectivity index (χ3v) is 4.47. The highest BCUT2D eigenvalue weighted by molar-refractivity contribution is 7.90. The number of Topliss-reactive ketones (excluding diaryl/α,β-unsaturated/α-hetero) is 1. The summed E-state index contributed by atoms with van der Waals surface area (Å²) in [4.78, 5) is 11.9. The van der Waals surface area contributed by atoms with Gasteiger partial charge in [0.25, 0.3) is 0 Å². The molecule has 0 radical (unpaired) electrons. The lowest BCUT2D eigenvalue weighted by molar-refractivity contribution is 0.0965. The molecule has 0 aromatic carbocycles. The van der Waals surface area contributed by atoms with Crippen LogP contribution in [0, 0.1) is 6.92 Å². The molecule has 6 heteroatoms. The molecule has 1 aromatic rings. The van der Waals surface area contributed by atoms with Crippen molar-refractivity contribution in [1.82, 2.24) is 0 Å². The molecular weight excluding hydrogens is 242 g/mol. The predicted molar refractivity (Wildman–Crippen MR) is 62.6 cm³/mol. The summed E-state index contributed by atoms with van der Waals surface area (Å²) in [6, 6.07) is -0.603. The number of ketones is 1. The lowest BCUT2D eigenvalue weighted by Crippen LogP contribution is -2.28. The second-order valence-electron chi connectivity index (χ2n) is 4.43. The summed E-state index contributed by atoms with van der Waals surface area (Å²) in [7, 11) is -3.08. The van der Waals surface area contributed by atoms with E-state index >= 15 is 0 Å². The minimum Gasteiger partial charge on any atom is -0.464 e. The second kappa shape index (κ2) is 3.96. The Labute approximate surface area is 99.9 Å². The van der Waals surface area contributed by atoms with Crippen LogP contribution in [0.2, 0.25) is 0 Å². The summed E-state index contributed by atoms with van der Waals surface area (Å²) in [5, 5.41) is 0. The number of rotatable bonds is 2. The standard InChI is InChI=1S/C11H15NO4S/c1-6(12)11(13)10-7(2)16-9-5-17(14,15)4-3-8(9)10/h6H,3-5,12H2,1-2H3. The van der Waals surface area contributed by atoms with E-state index < -0.39 is 15.9 Å². The van der Waals surface area contributed by atoms with Crippen LogP contribution in [0.25, 0.3) is 0 Å². The number of nitrogens with two attached hydrogens (primary N) is 1. The van der Waals surface area contributed by atoms with Gasteiger partial charge in [0.15, 0.2) is 15.6 Å². The Kier molecular flexibility index (Phi) is 2.87. The molecule has 0 spiro atoms. The van der Waals surface area contributed by atoms with Crippen molar-refractivity contribution in [2.24, 2.45) is 5.73 Å². The highest BCUT2D eigenvalue weighted by atomic mass is 32.2. The van der Waals surface area contributed by atoms with E-state index in [0.717, 1.165) is 5.56 Å². The Morgan fingerprint density at radius 3 is 2.71 bits per heavy atom. The van der Waals surface area contributed by atoms with Gasteiger partial charge < -0.3 is 10.2 Å². The highest BCUT2D eigenvalue weighted by Crippen LogP contribution is 2.29. The van der Waals surface area contributed by atoms with Gasteiger partial charge in [-0.15, -0.1) is 0 Å². The number of hydrogen-bond donors (Lipinski definition) is 1. The van der Waals surface area contributed by atoms with Crippen LogP contribution in [0.15, 0.2) is 4.42 Å². The molecule has 0 saturated carbocycles. The van der Waals surface area contributed by atoms with Gasteiger partial charge in [0.05, 0.1) is 17.4 Å². The van der Waals surface area contributed by atoms with Gasteiger partial charge in [-0.3, -0.25) is 4.79 Å². The van der Waals surface area contributed by atoms with Gasteiger partial charge >= 0.3 is 0 Å². The van der Waals surface area contributed by atoms with Crippen molar-refractivity contribution in [3.05, 3.63) is 22.6 Å². The van der Waals surface area contributed by atoms with Crippen molar-refractivity contribution >= 4 is 15.6 Å². The summed E-state index contributed by atoms with van der Waals surface area (Å²) in [5.41, 5.74) is 6.77. The first kappa shape index (κ1) is 12.3. The van der Waals surface area contributed by atoms with Gasteiger partial charge in [0, 0.05) is 5.56 Å². The number of hydrogen-bond acceptors (Lipinski definition) is 5. The molecular formula is C11H15NO4S. The van der Waals surface area contributed by atoms with Crippen LogP contribution in [0.4, 0.5) is 0 Å². The highest BCUT2D eigenvalue weighted by Gasteiger charge is 2.31. The Hall–Kier alpha value is -1.14. The number of sulfone groups is 1. The number of aryl methyl sites for hydroxylation is 1. The van der Waals surface area contributed by atoms with Crippen molar-refractivity contribution in [1.29, 1.82) is 0 Å². The zero-order chi connectivity index (χ0) is 12.8. The fraction of sp³-hybridized carbons (Fsp3) is 0.545. The van der Waals surface area contributed by atoms with Crippen molar-refractivity contribution in [2.75, 3.05) is 5.75 Å². The monoisotopic (exact) mass is 257 g/mol. The maximum Gasteiger partial charge on any atom is 0.183 e. The van der Waals surface area contributed by atoms with Gasteiger partial charge in [-0.05, 0) is 20.3 Å². The minimum absolute atomic E-state index is 0.0677. The number of fused-ring (bicyclic) bond motifs is 1.